The summed E-state index contributed by atoms with van der Waals surface area (Å²) in [7, 11) is 4.60. The lowest BCUT2D eigenvalue weighted by Crippen LogP contribution is -2.29. The van der Waals surface area contributed by atoms with Gasteiger partial charge in [-0.25, -0.2) is 0 Å². The maximum atomic E-state index is 13.3. The third kappa shape index (κ3) is 4.43. The lowest BCUT2D eigenvalue weighted by atomic mass is 9.95. The Kier molecular flexibility index (Phi) is 6.75. The van der Waals surface area contributed by atoms with Crippen molar-refractivity contribution in [1.29, 1.82) is 0 Å². The highest BCUT2D eigenvalue weighted by molar-refractivity contribution is 6.35. The second-order valence-electron chi connectivity index (χ2n) is 7.45. The number of carbonyl (C=O) groups excluding carboxylic acids is 1. The van der Waals surface area contributed by atoms with Crippen molar-refractivity contribution in [3.63, 3.8) is 0 Å². The number of phenols is 1. The summed E-state index contributed by atoms with van der Waals surface area (Å²) in [4.78, 5) is 17.5. The van der Waals surface area contributed by atoms with Crippen LogP contribution in [0.15, 0.2) is 66.9 Å². The number of aromatic hydroxyl groups is 1. The Balaban J connectivity index is 1.86. The summed E-state index contributed by atoms with van der Waals surface area (Å²) in [6.45, 7) is 0. The van der Waals surface area contributed by atoms with Crippen molar-refractivity contribution < 1.29 is 24.1 Å². The Labute approximate surface area is 201 Å². The first-order valence-electron chi connectivity index (χ1n) is 10.4. The first-order chi connectivity index (χ1) is 16.5. The number of halogens is 1. The summed E-state index contributed by atoms with van der Waals surface area (Å²) in [5.74, 6) is 1.12. The standard InChI is InChI=1S/C26H23ClN2O5/c1-32-17-7-4-6-16(12-17)26(31)29-23(15-9-10-21(33-2)22(13-15)34-3)19-14-20(27)18-8-5-11-28-24(18)25(19)30/h4-14,23,30H,1-3H3,(H,29,31). The maximum absolute atomic E-state index is 13.3. The Hall–Kier alpha value is -3.97. The first-order valence-corrected chi connectivity index (χ1v) is 10.8. The minimum atomic E-state index is -0.776. The number of hydrogen-bond donors (Lipinski definition) is 2. The minimum absolute atomic E-state index is 0.0780. The fourth-order valence-electron chi connectivity index (χ4n) is 3.78. The van der Waals surface area contributed by atoms with Gasteiger partial charge in [0.1, 0.15) is 17.0 Å². The van der Waals surface area contributed by atoms with Crippen LogP contribution in [0.4, 0.5) is 0 Å². The fourth-order valence-corrected chi connectivity index (χ4v) is 4.05. The summed E-state index contributed by atoms with van der Waals surface area (Å²) in [5, 5.41) is 15.2. The summed E-state index contributed by atoms with van der Waals surface area (Å²) >= 11 is 6.54. The number of methoxy groups -OCH3 is 3. The minimum Gasteiger partial charge on any atom is -0.505 e. The number of rotatable bonds is 7. The van der Waals surface area contributed by atoms with Crippen LogP contribution >= 0.6 is 11.6 Å². The molecule has 0 saturated carbocycles. The van der Waals surface area contributed by atoms with Crippen molar-refractivity contribution in [2.75, 3.05) is 21.3 Å². The monoisotopic (exact) mass is 478 g/mol. The molecule has 2 N–H and O–H groups in total. The molecule has 0 saturated heterocycles. The number of phenolic OH excluding ortho intramolecular Hbond substituents is 1. The van der Waals surface area contributed by atoms with Crippen molar-refractivity contribution in [3.05, 3.63) is 88.6 Å². The van der Waals surface area contributed by atoms with Gasteiger partial charge in [-0.3, -0.25) is 9.78 Å². The van der Waals surface area contributed by atoms with Crippen molar-refractivity contribution in [2.24, 2.45) is 0 Å². The normalized spacial score (nSPS) is 11.6. The van der Waals surface area contributed by atoms with Crippen molar-refractivity contribution in [3.8, 4) is 23.0 Å². The van der Waals surface area contributed by atoms with Crippen molar-refractivity contribution in [2.45, 2.75) is 6.04 Å². The zero-order valence-electron chi connectivity index (χ0n) is 18.8. The first kappa shape index (κ1) is 23.2. The SMILES string of the molecule is COc1cccc(C(=O)NC(c2ccc(OC)c(OC)c2)c2cc(Cl)c3cccnc3c2O)c1. The second kappa shape index (κ2) is 9.89. The molecule has 0 fully saturated rings. The van der Waals surface area contributed by atoms with E-state index in [2.05, 4.69) is 10.3 Å². The lowest BCUT2D eigenvalue weighted by molar-refractivity contribution is 0.0942. The number of fused-ring (bicyclic) bond motifs is 1. The van der Waals surface area contributed by atoms with Gasteiger partial charge in [0.05, 0.1) is 32.4 Å². The molecule has 0 spiro atoms. The number of hydrogen-bond acceptors (Lipinski definition) is 6. The molecule has 1 heterocycles. The third-order valence-electron chi connectivity index (χ3n) is 5.50. The highest BCUT2D eigenvalue weighted by Gasteiger charge is 2.25. The van der Waals surface area contributed by atoms with Crippen molar-refractivity contribution >= 4 is 28.4 Å². The van der Waals surface area contributed by atoms with Crippen LogP contribution in [0.5, 0.6) is 23.0 Å². The number of ether oxygens (including phenoxy) is 3. The van der Waals surface area contributed by atoms with Gasteiger partial charge in [-0.15, -0.1) is 0 Å². The molecule has 34 heavy (non-hydrogen) atoms. The van der Waals surface area contributed by atoms with Gasteiger partial charge in [-0.05, 0) is 54.1 Å². The summed E-state index contributed by atoms with van der Waals surface area (Å²) in [6.07, 6.45) is 1.57. The smallest absolute Gasteiger partial charge is 0.252 e. The molecule has 3 aromatic carbocycles. The van der Waals surface area contributed by atoms with E-state index in [0.717, 1.165) is 0 Å². The van der Waals surface area contributed by atoms with Crippen molar-refractivity contribution in [1.82, 2.24) is 10.3 Å². The molecule has 8 heteroatoms. The maximum Gasteiger partial charge on any atom is 0.252 e. The molecule has 1 unspecified atom stereocenters. The molecule has 4 rings (SSSR count). The topological polar surface area (TPSA) is 89.9 Å². The van der Waals surface area contributed by atoms with E-state index in [1.165, 1.54) is 14.2 Å². The van der Waals surface area contributed by atoms with Gasteiger partial charge in [0.15, 0.2) is 11.5 Å². The van der Waals surface area contributed by atoms with E-state index in [9.17, 15) is 9.90 Å². The fraction of sp³-hybridized carbons (Fsp3) is 0.154. The number of carbonyl (C=O) groups is 1. The molecule has 7 nitrogen and oxygen atoms in total. The lowest BCUT2D eigenvalue weighted by Gasteiger charge is -2.23. The van der Waals surface area contributed by atoms with Gasteiger partial charge in [0, 0.05) is 22.7 Å². The average molecular weight is 479 g/mol. The predicted molar refractivity (Wildman–Crippen MR) is 130 cm³/mol. The molecular weight excluding hydrogens is 456 g/mol. The molecule has 0 radical (unpaired) electrons. The predicted octanol–water partition coefficient (Wildman–Crippen LogP) is 5.14. The van der Waals surface area contributed by atoms with Gasteiger partial charge in [0.25, 0.3) is 5.91 Å². The van der Waals surface area contributed by atoms with Gasteiger partial charge < -0.3 is 24.6 Å². The summed E-state index contributed by atoms with van der Waals surface area (Å²) in [5.41, 5.74) is 1.77. The Morgan fingerprint density at radius 3 is 2.50 bits per heavy atom. The van der Waals surface area contributed by atoms with Gasteiger partial charge in [-0.2, -0.15) is 0 Å². The van der Waals surface area contributed by atoms with E-state index in [-0.39, 0.29) is 11.7 Å². The third-order valence-corrected chi connectivity index (χ3v) is 5.82. The zero-order chi connectivity index (χ0) is 24.2. The number of nitrogens with zero attached hydrogens (tertiary/aromatic N) is 1. The number of nitrogens with one attached hydrogen (secondary N) is 1. The highest BCUT2D eigenvalue weighted by Crippen LogP contribution is 2.40. The van der Waals surface area contributed by atoms with E-state index >= 15 is 0 Å². The largest absolute Gasteiger partial charge is 0.505 e. The molecule has 0 aliphatic rings. The van der Waals surface area contributed by atoms with E-state index < -0.39 is 6.04 Å². The van der Waals surface area contributed by atoms with Crippen LogP contribution in [0, 0.1) is 0 Å². The average Bonchev–Trinajstić information content (AvgIpc) is 2.89. The molecule has 0 bridgehead atoms. The Morgan fingerprint density at radius 1 is 0.971 bits per heavy atom. The molecule has 0 aliphatic heterocycles. The number of benzene rings is 3. The van der Waals surface area contributed by atoms with Crippen LogP contribution in [0.25, 0.3) is 10.9 Å². The van der Waals surface area contributed by atoms with Crippen LogP contribution in [0.1, 0.15) is 27.5 Å². The van der Waals surface area contributed by atoms with Crippen LogP contribution in [-0.4, -0.2) is 37.3 Å². The van der Waals surface area contributed by atoms with Gasteiger partial charge in [-0.1, -0.05) is 23.7 Å². The van der Waals surface area contributed by atoms with E-state index in [4.69, 9.17) is 25.8 Å². The Morgan fingerprint density at radius 2 is 1.76 bits per heavy atom. The zero-order valence-corrected chi connectivity index (χ0v) is 19.6. The number of pyridine rings is 1. The summed E-state index contributed by atoms with van der Waals surface area (Å²) < 4.78 is 16.0. The second-order valence-corrected chi connectivity index (χ2v) is 7.86. The number of aromatic nitrogens is 1. The van der Waals surface area contributed by atoms with Crippen LogP contribution < -0.4 is 19.5 Å². The number of amides is 1. The van der Waals surface area contributed by atoms with Gasteiger partial charge >= 0.3 is 0 Å². The van der Waals surface area contributed by atoms with Crippen LogP contribution in [0.2, 0.25) is 5.02 Å². The van der Waals surface area contributed by atoms with Crippen LogP contribution in [-0.2, 0) is 0 Å². The van der Waals surface area contributed by atoms with Crippen LogP contribution in [0.3, 0.4) is 0 Å². The van der Waals surface area contributed by atoms with E-state index in [0.29, 0.717) is 49.9 Å². The van der Waals surface area contributed by atoms with E-state index in [1.54, 1.807) is 74.0 Å². The molecule has 1 aromatic heterocycles. The summed E-state index contributed by atoms with van der Waals surface area (Å²) in [6, 6.07) is 16.4. The van der Waals surface area contributed by atoms with E-state index in [1.807, 2.05) is 0 Å². The molecule has 174 valence electrons. The van der Waals surface area contributed by atoms with Gasteiger partial charge in [0.2, 0.25) is 0 Å². The Bertz CT molecular complexity index is 1360. The molecule has 0 aliphatic carbocycles. The molecule has 1 amide bonds. The molecule has 1 atom stereocenters. The molecular formula is C26H23ClN2O5. The highest BCUT2D eigenvalue weighted by atomic mass is 35.5. The molecule has 4 aromatic rings. The quantitative estimate of drug-likeness (QED) is 0.382.